The zero-order valence-electron chi connectivity index (χ0n) is 10.9. The van der Waals surface area contributed by atoms with Crippen LogP contribution in [-0.2, 0) is 4.74 Å². The number of rotatable bonds is 3. The third-order valence-corrected chi connectivity index (χ3v) is 3.92. The molecule has 1 aliphatic heterocycles. The van der Waals surface area contributed by atoms with Gasteiger partial charge in [0.1, 0.15) is 0 Å². The molecule has 1 heterocycles. The number of benzene rings is 1. The number of hydrogen-bond donors (Lipinski definition) is 0. The lowest BCUT2D eigenvalue weighted by Gasteiger charge is -2.27. The van der Waals surface area contributed by atoms with Gasteiger partial charge >= 0.3 is 0 Å². The quantitative estimate of drug-likeness (QED) is 0.837. The van der Waals surface area contributed by atoms with E-state index in [4.69, 9.17) is 16.3 Å². The lowest BCUT2D eigenvalue weighted by molar-refractivity contribution is 0.0388. The Bertz CT molecular complexity index is 441. The van der Waals surface area contributed by atoms with Crippen LogP contribution >= 0.6 is 27.5 Å². The van der Waals surface area contributed by atoms with Gasteiger partial charge in [0.05, 0.1) is 6.61 Å². The second kappa shape index (κ2) is 6.73. The summed E-state index contributed by atoms with van der Waals surface area (Å²) in [5.41, 5.74) is 0.610. The number of nitrogens with zero attached hydrogens (tertiary/aromatic N) is 1. The molecule has 19 heavy (non-hydrogen) atoms. The van der Waals surface area contributed by atoms with Gasteiger partial charge in [-0.1, -0.05) is 27.5 Å². The van der Waals surface area contributed by atoms with Crippen LogP contribution in [0.15, 0.2) is 22.7 Å². The van der Waals surface area contributed by atoms with E-state index in [-0.39, 0.29) is 5.91 Å². The van der Waals surface area contributed by atoms with Crippen molar-refractivity contribution in [3.8, 4) is 0 Å². The average molecular weight is 347 g/mol. The van der Waals surface area contributed by atoms with Gasteiger partial charge in [-0.2, -0.15) is 0 Å². The third-order valence-electron chi connectivity index (χ3n) is 3.24. The Hall–Kier alpha value is -0.580. The first-order valence-corrected chi connectivity index (χ1v) is 7.52. The number of halogens is 2. The van der Waals surface area contributed by atoms with Crippen molar-refractivity contribution in [3.05, 3.63) is 33.3 Å². The molecule has 1 aromatic rings. The summed E-state index contributed by atoms with van der Waals surface area (Å²) in [5, 5.41) is 0.562. The normalized spacial score (nSPS) is 19.2. The summed E-state index contributed by atoms with van der Waals surface area (Å²) in [5.74, 6) is 0.430. The van der Waals surface area contributed by atoms with Crippen molar-refractivity contribution in [2.24, 2.45) is 5.92 Å². The minimum Gasteiger partial charge on any atom is -0.381 e. The summed E-state index contributed by atoms with van der Waals surface area (Å²) >= 11 is 9.32. The second-order valence-electron chi connectivity index (χ2n) is 4.93. The summed E-state index contributed by atoms with van der Waals surface area (Å²) in [6.45, 7) is 2.31. The molecule has 104 valence electrons. The minimum absolute atomic E-state index is 0.00577. The molecule has 1 unspecified atom stereocenters. The summed E-state index contributed by atoms with van der Waals surface area (Å²) in [6.07, 6.45) is 2.20. The Balaban J connectivity index is 2.01. The summed E-state index contributed by atoms with van der Waals surface area (Å²) in [7, 11) is 1.83. The number of ether oxygens (including phenoxy) is 1. The molecule has 1 atom stereocenters. The number of carbonyl (C=O) groups excluding carboxylic acids is 1. The van der Waals surface area contributed by atoms with E-state index in [1.165, 1.54) is 0 Å². The fourth-order valence-corrected chi connectivity index (χ4v) is 3.18. The van der Waals surface area contributed by atoms with Gasteiger partial charge in [-0.05, 0) is 37.0 Å². The van der Waals surface area contributed by atoms with E-state index in [0.29, 0.717) is 16.5 Å². The molecule has 0 N–H and O–H groups in total. The van der Waals surface area contributed by atoms with Crippen LogP contribution in [0, 0.1) is 5.92 Å². The molecule has 1 fully saturated rings. The highest BCUT2D eigenvalue weighted by molar-refractivity contribution is 9.10. The van der Waals surface area contributed by atoms with Gasteiger partial charge in [0.25, 0.3) is 5.91 Å². The summed E-state index contributed by atoms with van der Waals surface area (Å²) in [4.78, 5) is 14.1. The SMILES string of the molecule is CN(CC1CCCOC1)C(=O)c1cc(Cl)cc(Br)c1. The molecule has 0 aliphatic carbocycles. The van der Waals surface area contributed by atoms with Crippen LogP contribution < -0.4 is 0 Å². The van der Waals surface area contributed by atoms with Crippen molar-refractivity contribution in [1.82, 2.24) is 4.90 Å². The Kier molecular flexibility index (Phi) is 5.25. The number of hydrogen-bond acceptors (Lipinski definition) is 2. The maximum absolute atomic E-state index is 12.3. The van der Waals surface area contributed by atoms with Crippen LogP contribution in [0.5, 0.6) is 0 Å². The van der Waals surface area contributed by atoms with Gasteiger partial charge < -0.3 is 9.64 Å². The lowest BCUT2D eigenvalue weighted by Crippen LogP contribution is -2.35. The van der Waals surface area contributed by atoms with Gasteiger partial charge in [-0.15, -0.1) is 0 Å². The van der Waals surface area contributed by atoms with Gasteiger partial charge in [0.15, 0.2) is 0 Å². The molecular weight excluding hydrogens is 330 g/mol. The van der Waals surface area contributed by atoms with Crippen LogP contribution in [-0.4, -0.2) is 37.6 Å². The molecule has 1 saturated heterocycles. The van der Waals surface area contributed by atoms with E-state index in [2.05, 4.69) is 15.9 Å². The Labute approximate surface area is 127 Å². The molecule has 3 nitrogen and oxygen atoms in total. The maximum atomic E-state index is 12.3. The van der Waals surface area contributed by atoms with E-state index < -0.39 is 0 Å². The van der Waals surface area contributed by atoms with E-state index in [0.717, 1.165) is 37.1 Å². The van der Waals surface area contributed by atoms with Crippen molar-refractivity contribution >= 4 is 33.4 Å². The monoisotopic (exact) mass is 345 g/mol. The first-order chi connectivity index (χ1) is 9.06. The molecule has 1 amide bonds. The van der Waals surface area contributed by atoms with Crippen LogP contribution in [0.4, 0.5) is 0 Å². The van der Waals surface area contributed by atoms with E-state index in [1.54, 1.807) is 23.1 Å². The van der Waals surface area contributed by atoms with E-state index in [9.17, 15) is 4.79 Å². The molecule has 0 spiro atoms. The topological polar surface area (TPSA) is 29.5 Å². The van der Waals surface area contributed by atoms with Crippen LogP contribution in [0.3, 0.4) is 0 Å². The van der Waals surface area contributed by atoms with Crippen LogP contribution in [0.25, 0.3) is 0 Å². The van der Waals surface area contributed by atoms with Crippen molar-refractivity contribution < 1.29 is 9.53 Å². The predicted octanol–water partition coefficient (Wildman–Crippen LogP) is 3.60. The molecule has 1 aliphatic rings. The standard InChI is InChI=1S/C14H17BrClNO2/c1-17(8-10-3-2-4-19-9-10)14(18)11-5-12(15)7-13(16)6-11/h5-7,10H,2-4,8-9H2,1H3. The van der Waals surface area contributed by atoms with Gasteiger partial charge in [0.2, 0.25) is 0 Å². The highest BCUT2D eigenvalue weighted by atomic mass is 79.9. The van der Waals surface area contributed by atoms with Crippen molar-refractivity contribution in [1.29, 1.82) is 0 Å². The van der Waals surface area contributed by atoms with Gasteiger partial charge in [-0.25, -0.2) is 0 Å². The van der Waals surface area contributed by atoms with E-state index >= 15 is 0 Å². The fourth-order valence-electron chi connectivity index (χ4n) is 2.32. The maximum Gasteiger partial charge on any atom is 0.253 e. The van der Waals surface area contributed by atoms with Gasteiger partial charge in [0, 0.05) is 35.3 Å². The summed E-state index contributed by atoms with van der Waals surface area (Å²) in [6, 6.07) is 5.26. The minimum atomic E-state index is -0.00577. The fraction of sp³-hybridized carbons (Fsp3) is 0.500. The Morgan fingerprint density at radius 3 is 2.95 bits per heavy atom. The van der Waals surface area contributed by atoms with Crippen molar-refractivity contribution in [2.75, 3.05) is 26.8 Å². The third kappa shape index (κ3) is 4.20. The molecule has 0 saturated carbocycles. The molecule has 5 heteroatoms. The summed E-state index contributed by atoms with van der Waals surface area (Å²) < 4.78 is 6.26. The van der Waals surface area contributed by atoms with Crippen molar-refractivity contribution in [2.45, 2.75) is 12.8 Å². The number of carbonyl (C=O) groups is 1. The molecule has 1 aromatic carbocycles. The van der Waals surface area contributed by atoms with E-state index in [1.807, 2.05) is 7.05 Å². The van der Waals surface area contributed by atoms with Crippen LogP contribution in [0.1, 0.15) is 23.2 Å². The lowest BCUT2D eigenvalue weighted by atomic mass is 10.0. The first kappa shape index (κ1) is 14.8. The Morgan fingerprint density at radius 2 is 2.32 bits per heavy atom. The van der Waals surface area contributed by atoms with Gasteiger partial charge in [-0.3, -0.25) is 4.79 Å². The highest BCUT2D eigenvalue weighted by Crippen LogP contribution is 2.21. The van der Waals surface area contributed by atoms with Crippen molar-refractivity contribution in [3.63, 3.8) is 0 Å². The molecule has 0 bridgehead atoms. The average Bonchev–Trinajstić information content (AvgIpc) is 2.37. The van der Waals surface area contributed by atoms with Crippen LogP contribution in [0.2, 0.25) is 5.02 Å². The first-order valence-electron chi connectivity index (χ1n) is 6.35. The molecule has 2 rings (SSSR count). The number of amides is 1. The molecular formula is C14H17BrClNO2. The predicted molar refractivity (Wildman–Crippen MR) is 79.7 cm³/mol. The molecule has 0 aromatic heterocycles. The molecule has 0 radical (unpaired) electrons. The Morgan fingerprint density at radius 1 is 1.53 bits per heavy atom. The second-order valence-corrected chi connectivity index (χ2v) is 6.28. The smallest absolute Gasteiger partial charge is 0.253 e. The zero-order chi connectivity index (χ0) is 13.8. The zero-order valence-corrected chi connectivity index (χ0v) is 13.2. The largest absolute Gasteiger partial charge is 0.381 e. The highest BCUT2D eigenvalue weighted by Gasteiger charge is 2.20.